The van der Waals surface area contributed by atoms with Gasteiger partial charge in [0.2, 0.25) is 9.84 Å². The summed E-state index contributed by atoms with van der Waals surface area (Å²) in [6.45, 7) is 1.84. The number of halogens is 3. The molecule has 0 unspecified atom stereocenters. The molecule has 20 heavy (non-hydrogen) atoms. The van der Waals surface area contributed by atoms with Gasteiger partial charge in [0.25, 0.3) is 0 Å². The van der Waals surface area contributed by atoms with E-state index in [2.05, 4.69) is 15.9 Å². The van der Waals surface area contributed by atoms with E-state index in [1.165, 1.54) is 24.3 Å². The third-order valence-corrected chi connectivity index (χ3v) is 4.44. The largest absolute Gasteiger partial charge is 0.383 e. The van der Waals surface area contributed by atoms with Gasteiger partial charge in [-0.25, -0.2) is 8.42 Å². The number of benzene rings is 1. The molecule has 8 heteroatoms. The van der Waals surface area contributed by atoms with Gasteiger partial charge < -0.3 is 9.64 Å². The van der Waals surface area contributed by atoms with Crippen molar-refractivity contribution in [3.05, 3.63) is 24.3 Å². The van der Waals surface area contributed by atoms with Gasteiger partial charge in [0.05, 0.1) is 11.5 Å². The summed E-state index contributed by atoms with van der Waals surface area (Å²) in [4.78, 5) is 1.60. The first-order valence-corrected chi connectivity index (χ1v) is 8.52. The fourth-order valence-corrected chi connectivity index (χ4v) is 2.77. The van der Waals surface area contributed by atoms with E-state index in [0.717, 1.165) is 11.0 Å². The van der Waals surface area contributed by atoms with Gasteiger partial charge in [-0.2, -0.15) is 8.78 Å². The van der Waals surface area contributed by atoms with E-state index in [-0.39, 0.29) is 4.90 Å². The number of anilines is 1. The first kappa shape index (κ1) is 17.3. The fraction of sp³-hybridized carbons (Fsp3) is 0.500. The Kier molecular flexibility index (Phi) is 6.84. The van der Waals surface area contributed by atoms with Gasteiger partial charge in [0.15, 0.2) is 0 Å². The van der Waals surface area contributed by atoms with E-state index >= 15 is 0 Å². The Bertz CT molecular complexity index is 508. The first-order valence-electron chi connectivity index (χ1n) is 5.85. The lowest BCUT2D eigenvalue weighted by Crippen LogP contribution is -2.29. The number of alkyl halides is 3. The Morgan fingerprint density at radius 1 is 1.25 bits per heavy atom. The summed E-state index contributed by atoms with van der Waals surface area (Å²) in [7, 11) is -2.95. The molecule has 4 nitrogen and oxygen atoms in total. The summed E-state index contributed by atoms with van der Waals surface area (Å²) < 4.78 is 52.5. The molecule has 0 fully saturated rings. The average molecular weight is 372 g/mol. The van der Waals surface area contributed by atoms with Crippen LogP contribution in [0.1, 0.15) is 0 Å². The number of rotatable bonds is 8. The zero-order chi connectivity index (χ0) is 15.2. The molecule has 1 aromatic rings. The summed E-state index contributed by atoms with van der Waals surface area (Å²) in [5, 5.41) is 0.730. The SMILES string of the molecule is COCCN(CCBr)c1ccc(S(=O)(=O)C(F)F)cc1. The second kappa shape index (κ2) is 7.90. The van der Waals surface area contributed by atoms with Crippen LogP contribution in [0.25, 0.3) is 0 Å². The maximum Gasteiger partial charge on any atom is 0.341 e. The Morgan fingerprint density at radius 2 is 1.85 bits per heavy atom. The lowest BCUT2D eigenvalue weighted by Gasteiger charge is -2.23. The van der Waals surface area contributed by atoms with Gasteiger partial charge in [0.1, 0.15) is 0 Å². The highest BCUT2D eigenvalue weighted by atomic mass is 79.9. The molecule has 0 aliphatic heterocycles. The molecular formula is C12H16BrF2NO3S. The Balaban J connectivity index is 2.93. The van der Waals surface area contributed by atoms with Gasteiger partial charge >= 0.3 is 5.76 Å². The van der Waals surface area contributed by atoms with Crippen LogP contribution in [0, 0.1) is 0 Å². The average Bonchev–Trinajstić information content (AvgIpc) is 2.43. The summed E-state index contributed by atoms with van der Waals surface area (Å²) in [5.41, 5.74) is 0.759. The molecule has 0 heterocycles. The zero-order valence-electron chi connectivity index (χ0n) is 10.9. The van der Waals surface area contributed by atoms with Gasteiger partial charge in [-0.15, -0.1) is 0 Å². The van der Waals surface area contributed by atoms with Gasteiger partial charge in [0, 0.05) is 31.2 Å². The third kappa shape index (κ3) is 4.39. The minimum Gasteiger partial charge on any atom is -0.383 e. The van der Waals surface area contributed by atoms with E-state index in [0.29, 0.717) is 19.7 Å². The number of hydrogen-bond donors (Lipinski definition) is 0. The van der Waals surface area contributed by atoms with E-state index in [9.17, 15) is 17.2 Å². The van der Waals surface area contributed by atoms with Crippen LogP contribution in [0.4, 0.5) is 14.5 Å². The van der Waals surface area contributed by atoms with Gasteiger partial charge in [-0.05, 0) is 24.3 Å². The Hall–Kier alpha value is -0.730. The normalized spacial score (nSPS) is 11.8. The Labute approximate surface area is 125 Å². The lowest BCUT2D eigenvalue weighted by molar-refractivity contribution is 0.205. The smallest absolute Gasteiger partial charge is 0.341 e. The minimum atomic E-state index is -4.53. The molecule has 0 saturated carbocycles. The topological polar surface area (TPSA) is 46.6 Å². The van der Waals surface area contributed by atoms with Crippen molar-refractivity contribution in [1.29, 1.82) is 0 Å². The summed E-state index contributed by atoms with van der Waals surface area (Å²) in [6, 6.07) is 5.44. The van der Waals surface area contributed by atoms with Crippen molar-refractivity contribution in [3.8, 4) is 0 Å². The molecule has 114 valence electrons. The van der Waals surface area contributed by atoms with E-state index in [1.807, 2.05) is 4.90 Å². The van der Waals surface area contributed by atoms with Gasteiger partial charge in [-0.1, -0.05) is 15.9 Å². The summed E-state index contributed by atoms with van der Waals surface area (Å²) in [5.74, 6) is -3.40. The fourth-order valence-electron chi connectivity index (χ4n) is 1.62. The second-order valence-corrected chi connectivity index (χ2v) is 6.68. The first-order chi connectivity index (χ1) is 9.43. The predicted octanol–water partition coefficient (Wildman–Crippen LogP) is 2.53. The predicted molar refractivity (Wildman–Crippen MR) is 77.5 cm³/mol. The van der Waals surface area contributed by atoms with Crippen molar-refractivity contribution < 1.29 is 21.9 Å². The molecule has 0 radical (unpaired) electrons. The lowest BCUT2D eigenvalue weighted by atomic mass is 10.3. The molecule has 0 saturated heterocycles. The van der Waals surface area contributed by atoms with Crippen molar-refractivity contribution in [3.63, 3.8) is 0 Å². The zero-order valence-corrected chi connectivity index (χ0v) is 13.3. The molecule has 1 rings (SSSR count). The van der Waals surface area contributed by atoms with Crippen LogP contribution in [0.3, 0.4) is 0 Å². The summed E-state index contributed by atoms with van der Waals surface area (Å²) >= 11 is 3.33. The number of sulfone groups is 1. The second-order valence-electron chi connectivity index (χ2n) is 3.97. The molecule has 1 aromatic carbocycles. The maximum atomic E-state index is 12.4. The minimum absolute atomic E-state index is 0.373. The maximum absolute atomic E-state index is 12.4. The van der Waals surface area contributed by atoms with Crippen molar-refractivity contribution in [2.24, 2.45) is 0 Å². The van der Waals surface area contributed by atoms with Crippen molar-refractivity contribution >= 4 is 31.5 Å². The van der Waals surface area contributed by atoms with Crippen LogP contribution in [-0.4, -0.2) is 46.3 Å². The van der Waals surface area contributed by atoms with Crippen LogP contribution >= 0.6 is 15.9 Å². The highest BCUT2D eigenvalue weighted by Gasteiger charge is 2.26. The molecule has 0 atom stereocenters. The number of nitrogens with zero attached hydrogens (tertiary/aromatic N) is 1. The standard InChI is InChI=1S/C12H16BrF2NO3S/c1-19-9-8-16(7-6-13)10-2-4-11(5-3-10)20(17,18)12(14)15/h2-5,12H,6-9H2,1H3. The number of ether oxygens (including phenoxy) is 1. The van der Waals surface area contributed by atoms with Crippen molar-refractivity contribution in [2.75, 3.05) is 37.0 Å². The summed E-state index contributed by atoms with van der Waals surface area (Å²) in [6.07, 6.45) is 0. The third-order valence-electron chi connectivity index (χ3n) is 2.68. The van der Waals surface area contributed by atoms with E-state index in [1.54, 1.807) is 7.11 Å². The molecule has 0 amide bonds. The molecule has 0 aromatic heterocycles. The quantitative estimate of drug-likeness (QED) is 0.658. The van der Waals surface area contributed by atoms with E-state index in [4.69, 9.17) is 4.74 Å². The molecule has 0 aliphatic carbocycles. The molecule has 0 bridgehead atoms. The van der Waals surface area contributed by atoms with Crippen LogP contribution in [0.2, 0.25) is 0 Å². The number of methoxy groups -OCH3 is 1. The van der Waals surface area contributed by atoms with E-state index < -0.39 is 15.6 Å². The molecule has 0 N–H and O–H groups in total. The van der Waals surface area contributed by atoms with Crippen LogP contribution in [0.15, 0.2) is 29.2 Å². The number of hydrogen-bond acceptors (Lipinski definition) is 4. The molecular weight excluding hydrogens is 356 g/mol. The molecule has 0 spiro atoms. The molecule has 0 aliphatic rings. The van der Waals surface area contributed by atoms with Crippen LogP contribution in [-0.2, 0) is 14.6 Å². The van der Waals surface area contributed by atoms with Crippen molar-refractivity contribution in [2.45, 2.75) is 10.7 Å². The highest BCUT2D eigenvalue weighted by Crippen LogP contribution is 2.22. The Morgan fingerprint density at radius 3 is 2.30 bits per heavy atom. The van der Waals surface area contributed by atoms with Gasteiger partial charge in [-0.3, -0.25) is 0 Å². The van der Waals surface area contributed by atoms with Crippen LogP contribution in [0.5, 0.6) is 0 Å². The van der Waals surface area contributed by atoms with Crippen LogP contribution < -0.4 is 4.90 Å². The monoisotopic (exact) mass is 371 g/mol. The highest BCUT2D eigenvalue weighted by molar-refractivity contribution is 9.09. The van der Waals surface area contributed by atoms with Crippen molar-refractivity contribution in [1.82, 2.24) is 0 Å².